The van der Waals surface area contributed by atoms with E-state index in [1.165, 1.54) is 16.8 Å². The standard InChI is InChI=1S/C22H19F3N4O/c1-13-4-9-18(10-14(13)2)29-20-19(11-26-29)15(3)27-28(21(20)30)12-16-5-7-17(8-6-16)22(23,24)25/h4-11H,12H2,1-3H3. The molecule has 8 heteroatoms. The van der Waals surface area contributed by atoms with Crippen molar-refractivity contribution in [3.8, 4) is 5.69 Å². The molecule has 0 atom stereocenters. The fraction of sp³-hybridized carbons (Fsp3) is 0.227. The molecule has 0 aliphatic rings. The summed E-state index contributed by atoms with van der Waals surface area (Å²) in [5.41, 5.74) is 3.44. The van der Waals surface area contributed by atoms with Gasteiger partial charge in [0, 0.05) is 5.39 Å². The fourth-order valence-electron chi connectivity index (χ4n) is 3.35. The number of aryl methyl sites for hydroxylation is 3. The number of nitrogens with zero attached hydrogens (tertiary/aromatic N) is 4. The lowest BCUT2D eigenvalue weighted by molar-refractivity contribution is -0.137. The van der Waals surface area contributed by atoms with Gasteiger partial charge in [0.2, 0.25) is 0 Å². The summed E-state index contributed by atoms with van der Waals surface area (Å²) in [6.07, 6.45) is -2.79. The van der Waals surface area contributed by atoms with Crippen LogP contribution in [0.1, 0.15) is 27.9 Å². The summed E-state index contributed by atoms with van der Waals surface area (Å²) in [5.74, 6) is 0. The highest BCUT2D eigenvalue weighted by Gasteiger charge is 2.30. The van der Waals surface area contributed by atoms with E-state index in [4.69, 9.17) is 0 Å². The molecule has 154 valence electrons. The van der Waals surface area contributed by atoms with Gasteiger partial charge in [0.25, 0.3) is 5.56 Å². The Bertz CT molecular complexity index is 1300. The highest BCUT2D eigenvalue weighted by atomic mass is 19.4. The van der Waals surface area contributed by atoms with E-state index in [0.29, 0.717) is 22.2 Å². The fourth-order valence-corrected chi connectivity index (χ4v) is 3.35. The molecule has 5 nitrogen and oxygen atoms in total. The summed E-state index contributed by atoms with van der Waals surface area (Å²) in [4.78, 5) is 13.2. The lowest BCUT2D eigenvalue weighted by Gasteiger charge is -2.11. The van der Waals surface area contributed by atoms with Crippen molar-refractivity contribution in [2.24, 2.45) is 0 Å². The number of fused-ring (bicyclic) bond motifs is 1. The summed E-state index contributed by atoms with van der Waals surface area (Å²) >= 11 is 0. The zero-order chi connectivity index (χ0) is 21.6. The van der Waals surface area contributed by atoms with Crippen LogP contribution in [0.5, 0.6) is 0 Å². The van der Waals surface area contributed by atoms with Crippen molar-refractivity contribution in [3.63, 3.8) is 0 Å². The van der Waals surface area contributed by atoms with E-state index >= 15 is 0 Å². The van der Waals surface area contributed by atoms with Crippen molar-refractivity contribution in [2.75, 3.05) is 0 Å². The monoisotopic (exact) mass is 412 g/mol. The van der Waals surface area contributed by atoms with E-state index in [0.717, 1.165) is 28.9 Å². The molecule has 2 aromatic heterocycles. The van der Waals surface area contributed by atoms with Gasteiger partial charge in [-0.2, -0.15) is 23.4 Å². The molecule has 0 unspecified atom stereocenters. The van der Waals surface area contributed by atoms with E-state index in [1.807, 2.05) is 32.0 Å². The maximum absolute atomic E-state index is 13.2. The topological polar surface area (TPSA) is 52.7 Å². The van der Waals surface area contributed by atoms with Crippen LogP contribution in [0.2, 0.25) is 0 Å². The first-order valence-corrected chi connectivity index (χ1v) is 9.34. The Kier molecular flexibility index (Phi) is 4.72. The number of halogens is 3. The summed E-state index contributed by atoms with van der Waals surface area (Å²) in [7, 11) is 0. The summed E-state index contributed by atoms with van der Waals surface area (Å²) < 4.78 is 41.2. The lowest BCUT2D eigenvalue weighted by atomic mass is 10.1. The van der Waals surface area contributed by atoms with E-state index in [2.05, 4.69) is 10.2 Å². The van der Waals surface area contributed by atoms with Gasteiger partial charge >= 0.3 is 6.18 Å². The predicted molar refractivity (Wildman–Crippen MR) is 108 cm³/mol. The maximum Gasteiger partial charge on any atom is 0.416 e. The highest BCUT2D eigenvalue weighted by Crippen LogP contribution is 2.29. The van der Waals surface area contributed by atoms with Crippen molar-refractivity contribution in [1.29, 1.82) is 0 Å². The number of aromatic nitrogens is 4. The van der Waals surface area contributed by atoms with Gasteiger partial charge in [-0.15, -0.1) is 0 Å². The van der Waals surface area contributed by atoms with Gasteiger partial charge in [0.15, 0.2) is 0 Å². The zero-order valence-electron chi connectivity index (χ0n) is 16.7. The van der Waals surface area contributed by atoms with E-state index < -0.39 is 11.7 Å². The molecule has 0 bridgehead atoms. The van der Waals surface area contributed by atoms with Crippen molar-refractivity contribution in [2.45, 2.75) is 33.5 Å². The van der Waals surface area contributed by atoms with Crippen molar-refractivity contribution < 1.29 is 13.2 Å². The zero-order valence-corrected chi connectivity index (χ0v) is 16.7. The minimum Gasteiger partial charge on any atom is -0.265 e. The van der Waals surface area contributed by atoms with Gasteiger partial charge in [-0.1, -0.05) is 18.2 Å². The van der Waals surface area contributed by atoms with E-state index in [1.54, 1.807) is 17.8 Å². The smallest absolute Gasteiger partial charge is 0.265 e. The van der Waals surface area contributed by atoms with Crippen LogP contribution >= 0.6 is 0 Å². The van der Waals surface area contributed by atoms with Gasteiger partial charge in [0.1, 0.15) is 5.52 Å². The second kappa shape index (κ2) is 7.12. The second-order valence-electron chi connectivity index (χ2n) is 7.33. The Labute approximate surface area is 170 Å². The minimum atomic E-state index is -4.40. The van der Waals surface area contributed by atoms with E-state index in [9.17, 15) is 18.0 Å². The quantitative estimate of drug-likeness (QED) is 0.495. The first kappa shape index (κ1) is 19.9. The van der Waals surface area contributed by atoms with Crippen LogP contribution < -0.4 is 5.56 Å². The largest absolute Gasteiger partial charge is 0.416 e. The highest BCUT2D eigenvalue weighted by molar-refractivity contribution is 5.81. The van der Waals surface area contributed by atoms with Crippen molar-refractivity contribution >= 4 is 10.9 Å². The molecule has 2 heterocycles. The van der Waals surface area contributed by atoms with Gasteiger partial charge in [0.05, 0.1) is 29.7 Å². The Balaban J connectivity index is 1.79. The lowest BCUT2D eigenvalue weighted by Crippen LogP contribution is -2.26. The third-order valence-electron chi connectivity index (χ3n) is 5.22. The maximum atomic E-state index is 13.2. The van der Waals surface area contributed by atoms with E-state index in [-0.39, 0.29) is 12.1 Å². The third kappa shape index (κ3) is 3.49. The molecule has 0 aliphatic heterocycles. The van der Waals surface area contributed by atoms with Crippen LogP contribution in [0.25, 0.3) is 16.6 Å². The van der Waals surface area contributed by atoms with Gasteiger partial charge in [-0.3, -0.25) is 4.79 Å². The van der Waals surface area contributed by atoms with Gasteiger partial charge in [-0.05, 0) is 61.7 Å². The summed E-state index contributed by atoms with van der Waals surface area (Å²) in [6, 6.07) is 10.5. The molecule has 0 radical (unpaired) electrons. The van der Waals surface area contributed by atoms with Crippen LogP contribution in [-0.2, 0) is 12.7 Å². The first-order chi connectivity index (χ1) is 14.1. The van der Waals surface area contributed by atoms with Crippen LogP contribution in [-0.4, -0.2) is 19.6 Å². The molecule has 30 heavy (non-hydrogen) atoms. The van der Waals surface area contributed by atoms with Gasteiger partial charge < -0.3 is 0 Å². The molecule has 0 amide bonds. The Hall–Kier alpha value is -3.42. The normalized spacial score (nSPS) is 11.9. The summed E-state index contributed by atoms with van der Waals surface area (Å²) in [5, 5.41) is 9.36. The SMILES string of the molecule is Cc1ccc(-n2ncc3c(C)nn(Cc4ccc(C(F)(F)F)cc4)c(=O)c32)cc1C. The van der Waals surface area contributed by atoms with Crippen molar-refractivity contribution in [3.05, 3.63) is 87.0 Å². The van der Waals surface area contributed by atoms with Crippen LogP contribution in [0.3, 0.4) is 0 Å². The molecule has 0 N–H and O–H groups in total. The van der Waals surface area contributed by atoms with Gasteiger partial charge in [-0.25, -0.2) is 9.36 Å². The summed E-state index contributed by atoms with van der Waals surface area (Å²) in [6.45, 7) is 5.83. The Morgan fingerprint density at radius 2 is 1.67 bits per heavy atom. The molecule has 2 aromatic carbocycles. The first-order valence-electron chi connectivity index (χ1n) is 9.34. The minimum absolute atomic E-state index is 0.0614. The molecule has 0 spiro atoms. The van der Waals surface area contributed by atoms with Crippen LogP contribution in [0, 0.1) is 20.8 Å². The molecule has 4 aromatic rings. The third-order valence-corrected chi connectivity index (χ3v) is 5.22. The number of benzene rings is 2. The molecular weight excluding hydrogens is 393 g/mol. The van der Waals surface area contributed by atoms with Crippen molar-refractivity contribution in [1.82, 2.24) is 19.6 Å². The Morgan fingerprint density at radius 3 is 2.30 bits per heavy atom. The molecular formula is C22H19F3N4O. The molecule has 0 saturated carbocycles. The molecule has 4 rings (SSSR count). The second-order valence-corrected chi connectivity index (χ2v) is 7.33. The predicted octanol–water partition coefficient (Wildman–Crippen LogP) is 4.57. The average Bonchev–Trinajstić information content (AvgIpc) is 3.14. The van der Waals surface area contributed by atoms with Crippen LogP contribution in [0.4, 0.5) is 13.2 Å². The molecule has 0 saturated heterocycles. The number of alkyl halides is 3. The number of hydrogen-bond donors (Lipinski definition) is 0. The Morgan fingerprint density at radius 1 is 0.967 bits per heavy atom. The number of rotatable bonds is 3. The molecule has 0 aliphatic carbocycles. The van der Waals surface area contributed by atoms with Crippen LogP contribution in [0.15, 0.2) is 53.5 Å². The number of hydrogen-bond acceptors (Lipinski definition) is 3. The average molecular weight is 412 g/mol. The molecule has 0 fully saturated rings.